The van der Waals surface area contributed by atoms with Gasteiger partial charge in [0.2, 0.25) is 0 Å². The number of hydrogen-bond donors (Lipinski definition) is 2. The molecular weight excluding hydrogens is 238 g/mol. The first-order chi connectivity index (χ1) is 8.63. The second-order valence-corrected chi connectivity index (χ2v) is 3.15. The van der Waals surface area contributed by atoms with Crippen molar-refractivity contribution in [2.75, 3.05) is 21.3 Å². The normalized spacial score (nSPS) is 10.2. The highest BCUT2D eigenvalue weighted by Crippen LogP contribution is 2.35. The average Bonchev–Trinajstić information content (AvgIpc) is 2.37. The van der Waals surface area contributed by atoms with E-state index in [0.29, 0.717) is 22.8 Å². The van der Waals surface area contributed by atoms with Crippen LogP contribution in [0.15, 0.2) is 17.2 Å². The van der Waals surface area contributed by atoms with Gasteiger partial charge in [0.25, 0.3) is 0 Å². The predicted molar refractivity (Wildman–Crippen MR) is 66.4 cm³/mol. The Bertz CT molecular complexity index is 460. The Kier molecular flexibility index (Phi) is 4.79. The van der Waals surface area contributed by atoms with Crippen LogP contribution in [0.3, 0.4) is 0 Å². The van der Waals surface area contributed by atoms with Gasteiger partial charge in [-0.05, 0) is 12.1 Å². The third kappa shape index (κ3) is 3.03. The lowest BCUT2D eigenvalue weighted by Gasteiger charge is -2.13. The Morgan fingerprint density at radius 3 is 2.33 bits per heavy atom. The topological polar surface area (TPSA) is 95.2 Å². The Hall–Kier alpha value is -2.44. The maximum atomic E-state index is 10.5. The second kappa shape index (κ2) is 6.33. The minimum Gasteiger partial charge on any atom is -0.496 e. The first-order valence-electron chi connectivity index (χ1n) is 5.01. The third-order valence-electron chi connectivity index (χ3n) is 2.13. The molecule has 7 heteroatoms. The van der Waals surface area contributed by atoms with E-state index in [4.69, 9.17) is 19.9 Å². The molecule has 0 radical (unpaired) electrons. The first-order valence-corrected chi connectivity index (χ1v) is 5.01. The van der Waals surface area contributed by atoms with Gasteiger partial charge in [0.05, 0.1) is 33.1 Å². The van der Waals surface area contributed by atoms with Gasteiger partial charge in [0.1, 0.15) is 5.75 Å². The highest BCUT2D eigenvalue weighted by molar-refractivity contribution is 5.89. The van der Waals surface area contributed by atoms with Crippen LogP contribution in [0, 0.1) is 0 Å². The van der Waals surface area contributed by atoms with Crippen LogP contribution in [0.4, 0.5) is 4.79 Å². The van der Waals surface area contributed by atoms with Crippen molar-refractivity contribution in [3.8, 4) is 17.2 Å². The summed E-state index contributed by atoms with van der Waals surface area (Å²) in [7, 11) is 4.53. The number of hydrazone groups is 1. The Labute approximate surface area is 105 Å². The number of hydrogen-bond acceptors (Lipinski definition) is 5. The number of nitrogens with zero attached hydrogens (tertiary/aromatic N) is 1. The minimum atomic E-state index is -0.757. The van der Waals surface area contributed by atoms with Crippen molar-refractivity contribution in [2.24, 2.45) is 10.8 Å². The zero-order valence-electron chi connectivity index (χ0n) is 10.4. The molecule has 0 aliphatic heterocycles. The van der Waals surface area contributed by atoms with Crippen LogP contribution < -0.4 is 25.4 Å². The molecule has 0 aliphatic carbocycles. The zero-order valence-corrected chi connectivity index (χ0v) is 10.4. The van der Waals surface area contributed by atoms with Gasteiger partial charge >= 0.3 is 6.03 Å². The molecule has 0 aliphatic rings. The van der Waals surface area contributed by atoms with Crippen molar-refractivity contribution in [2.45, 2.75) is 0 Å². The summed E-state index contributed by atoms with van der Waals surface area (Å²) < 4.78 is 15.6. The fraction of sp³-hybridized carbons (Fsp3) is 0.273. The van der Waals surface area contributed by atoms with Crippen molar-refractivity contribution < 1.29 is 19.0 Å². The van der Waals surface area contributed by atoms with Crippen LogP contribution in [0.5, 0.6) is 17.2 Å². The summed E-state index contributed by atoms with van der Waals surface area (Å²) in [6.45, 7) is 0. The van der Waals surface area contributed by atoms with Crippen LogP contribution in [0.2, 0.25) is 0 Å². The molecule has 0 spiro atoms. The monoisotopic (exact) mass is 253 g/mol. The van der Waals surface area contributed by atoms with E-state index >= 15 is 0 Å². The molecule has 0 atom stereocenters. The SMILES string of the molecule is COc1ccc(OC)c(OC)c1C=NNC(N)=O. The lowest BCUT2D eigenvalue weighted by Crippen LogP contribution is -2.24. The van der Waals surface area contributed by atoms with Crippen molar-refractivity contribution in [3.63, 3.8) is 0 Å². The van der Waals surface area contributed by atoms with Gasteiger partial charge < -0.3 is 19.9 Å². The number of nitrogens with two attached hydrogens (primary N) is 1. The number of urea groups is 1. The van der Waals surface area contributed by atoms with Crippen LogP contribution in [0.25, 0.3) is 0 Å². The van der Waals surface area contributed by atoms with Gasteiger partial charge in [-0.1, -0.05) is 0 Å². The molecular formula is C11H15N3O4. The molecule has 0 fully saturated rings. The molecule has 0 aromatic heterocycles. The van der Waals surface area contributed by atoms with Crippen LogP contribution >= 0.6 is 0 Å². The van der Waals surface area contributed by atoms with E-state index in [9.17, 15) is 4.79 Å². The van der Waals surface area contributed by atoms with Gasteiger partial charge in [0, 0.05) is 0 Å². The van der Waals surface area contributed by atoms with Crippen molar-refractivity contribution in [1.29, 1.82) is 0 Å². The lowest BCUT2D eigenvalue weighted by molar-refractivity contribution is 0.249. The lowest BCUT2D eigenvalue weighted by atomic mass is 10.1. The summed E-state index contributed by atoms with van der Waals surface area (Å²) in [5.74, 6) is 1.51. The highest BCUT2D eigenvalue weighted by atomic mass is 16.5. The molecule has 1 rings (SSSR count). The fourth-order valence-corrected chi connectivity index (χ4v) is 1.39. The molecule has 7 nitrogen and oxygen atoms in total. The van der Waals surface area contributed by atoms with Crippen molar-refractivity contribution in [1.82, 2.24) is 5.43 Å². The summed E-state index contributed by atoms with van der Waals surface area (Å²) in [4.78, 5) is 10.5. The smallest absolute Gasteiger partial charge is 0.332 e. The number of nitrogens with one attached hydrogen (secondary N) is 1. The zero-order chi connectivity index (χ0) is 13.5. The van der Waals surface area contributed by atoms with Gasteiger partial charge in [-0.15, -0.1) is 0 Å². The summed E-state index contributed by atoms with van der Waals surface area (Å²) in [6, 6.07) is 2.65. The maximum absolute atomic E-state index is 10.5. The Morgan fingerprint density at radius 1 is 1.22 bits per heavy atom. The summed E-state index contributed by atoms with van der Waals surface area (Å²) in [5, 5.41) is 3.67. The molecule has 18 heavy (non-hydrogen) atoms. The fourth-order valence-electron chi connectivity index (χ4n) is 1.39. The summed E-state index contributed by atoms with van der Waals surface area (Å²) in [6.07, 6.45) is 1.37. The van der Waals surface area contributed by atoms with Crippen molar-refractivity contribution >= 4 is 12.2 Å². The van der Waals surface area contributed by atoms with Crippen LogP contribution in [0.1, 0.15) is 5.56 Å². The molecule has 0 heterocycles. The van der Waals surface area contributed by atoms with E-state index < -0.39 is 6.03 Å². The maximum Gasteiger partial charge on any atom is 0.332 e. The van der Waals surface area contributed by atoms with Gasteiger partial charge in [0.15, 0.2) is 11.5 Å². The Morgan fingerprint density at radius 2 is 1.83 bits per heavy atom. The molecule has 1 aromatic rings. The van der Waals surface area contributed by atoms with Gasteiger partial charge in [-0.25, -0.2) is 10.2 Å². The van der Waals surface area contributed by atoms with E-state index in [2.05, 4.69) is 10.5 Å². The van der Waals surface area contributed by atoms with Crippen molar-refractivity contribution in [3.05, 3.63) is 17.7 Å². The second-order valence-electron chi connectivity index (χ2n) is 3.15. The molecule has 2 amide bonds. The number of ether oxygens (including phenoxy) is 3. The molecule has 0 saturated heterocycles. The number of carbonyl (C=O) groups is 1. The quantitative estimate of drug-likeness (QED) is 0.597. The average molecular weight is 253 g/mol. The van der Waals surface area contributed by atoms with Crippen LogP contribution in [-0.2, 0) is 0 Å². The molecule has 0 unspecified atom stereocenters. The number of primary amides is 1. The number of methoxy groups -OCH3 is 3. The highest BCUT2D eigenvalue weighted by Gasteiger charge is 2.13. The Balaban J connectivity index is 3.19. The minimum absolute atomic E-state index is 0.451. The largest absolute Gasteiger partial charge is 0.496 e. The first kappa shape index (κ1) is 13.6. The number of rotatable bonds is 5. The van der Waals surface area contributed by atoms with E-state index in [1.165, 1.54) is 27.5 Å². The van der Waals surface area contributed by atoms with E-state index in [0.717, 1.165) is 0 Å². The molecule has 98 valence electrons. The van der Waals surface area contributed by atoms with Gasteiger partial charge in [-0.2, -0.15) is 5.10 Å². The van der Waals surface area contributed by atoms with Gasteiger partial charge in [-0.3, -0.25) is 0 Å². The standard InChI is InChI=1S/C11H15N3O4/c1-16-8-4-5-9(17-2)10(18-3)7(8)6-13-14-11(12)15/h4-6H,1-3H3,(H3,12,14,15). The molecule has 1 aromatic carbocycles. The molecule has 0 saturated carbocycles. The summed E-state index contributed by atoms with van der Waals surface area (Å²) in [5.41, 5.74) is 7.53. The van der Waals surface area contributed by atoms with E-state index in [-0.39, 0.29) is 0 Å². The third-order valence-corrected chi connectivity index (χ3v) is 2.13. The van der Waals surface area contributed by atoms with Crippen LogP contribution in [-0.4, -0.2) is 33.6 Å². The number of benzene rings is 1. The molecule has 3 N–H and O–H groups in total. The predicted octanol–water partition coefficient (Wildman–Crippen LogP) is 0.715. The van der Waals surface area contributed by atoms with E-state index in [1.54, 1.807) is 12.1 Å². The summed E-state index contributed by atoms with van der Waals surface area (Å²) >= 11 is 0. The van der Waals surface area contributed by atoms with E-state index in [1.807, 2.05) is 0 Å². The number of amides is 2. The molecule has 0 bridgehead atoms. The number of carbonyl (C=O) groups excluding carboxylic acids is 1.